The number of aromatic nitrogens is 2. The smallest absolute Gasteiger partial charge is 0.266 e. The number of benzene rings is 3. The van der Waals surface area contributed by atoms with Crippen molar-refractivity contribution in [1.29, 1.82) is 0 Å². The van der Waals surface area contributed by atoms with Crippen molar-refractivity contribution in [2.24, 2.45) is 0 Å². The van der Waals surface area contributed by atoms with Crippen LogP contribution < -0.4 is 10.3 Å². The normalized spacial score (nSPS) is 11.9. The molecule has 0 bridgehead atoms. The van der Waals surface area contributed by atoms with Crippen LogP contribution in [0.2, 0.25) is 10.0 Å². The number of para-hydroxylation sites is 3. The molecule has 1 heterocycles. The molecule has 0 fully saturated rings. The Morgan fingerprint density at radius 1 is 1.09 bits per heavy atom. The van der Waals surface area contributed by atoms with Gasteiger partial charge in [-0.05, 0) is 56.3 Å². The second-order valence-corrected chi connectivity index (χ2v) is 8.53. The van der Waals surface area contributed by atoms with E-state index in [1.54, 1.807) is 54.5 Å². The summed E-state index contributed by atoms with van der Waals surface area (Å²) in [5, 5.41) is 1.18. The van der Waals surface area contributed by atoms with E-state index in [9.17, 15) is 9.59 Å². The van der Waals surface area contributed by atoms with E-state index in [0.29, 0.717) is 45.3 Å². The Bertz CT molecular complexity index is 1430. The quantitative estimate of drug-likeness (QED) is 0.332. The number of hydrogen-bond acceptors (Lipinski definition) is 4. The molecular formula is C26H23Cl2N3O3. The first-order valence-corrected chi connectivity index (χ1v) is 11.5. The molecule has 0 aliphatic carbocycles. The van der Waals surface area contributed by atoms with Crippen LogP contribution in [0.3, 0.4) is 0 Å². The molecule has 0 saturated heterocycles. The molecule has 0 radical (unpaired) electrons. The lowest BCUT2D eigenvalue weighted by Crippen LogP contribution is -2.37. The number of hydrogen-bond donors (Lipinski definition) is 0. The van der Waals surface area contributed by atoms with Gasteiger partial charge in [-0.1, -0.05) is 47.5 Å². The van der Waals surface area contributed by atoms with Crippen molar-refractivity contribution in [3.05, 3.63) is 98.5 Å². The summed E-state index contributed by atoms with van der Waals surface area (Å²) in [4.78, 5) is 33.6. The molecule has 4 rings (SSSR count). The standard InChI is InChI=1S/C26H23Cl2N3O3/c1-4-30(25(32)18-14-13-17(27)15-20(18)28)16(2)24-29-21-10-6-5-9-19(21)26(33)31(24)22-11-7-8-12-23(22)34-3/h5-16H,4H2,1-3H3. The van der Waals surface area contributed by atoms with Crippen molar-refractivity contribution >= 4 is 40.0 Å². The Morgan fingerprint density at radius 3 is 2.50 bits per heavy atom. The van der Waals surface area contributed by atoms with Gasteiger partial charge in [0.1, 0.15) is 11.6 Å². The van der Waals surface area contributed by atoms with Gasteiger partial charge in [0.15, 0.2) is 0 Å². The first-order chi connectivity index (χ1) is 16.4. The Hall–Kier alpha value is -3.35. The molecule has 1 unspecified atom stereocenters. The molecule has 0 aliphatic heterocycles. The number of carbonyl (C=O) groups excluding carboxylic acids is 1. The van der Waals surface area contributed by atoms with Crippen molar-refractivity contribution in [2.75, 3.05) is 13.7 Å². The van der Waals surface area contributed by atoms with E-state index >= 15 is 0 Å². The second kappa shape index (κ2) is 9.87. The molecule has 0 saturated carbocycles. The highest BCUT2D eigenvalue weighted by molar-refractivity contribution is 6.36. The molecule has 0 spiro atoms. The topological polar surface area (TPSA) is 64.4 Å². The molecule has 0 N–H and O–H groups in total. The van der Waals surface area contributed by atoms with Crippen molar-refractivity contribution < 1.29 is 9.53 Å². The van der Waals surface area contributed by atoms with E-state index in [1.165, 1.54) is 10.6 Å². The highest BCUT2D eigenvalue weighted by Crippen LogP contribution is 2.30. The Balaban J connectivity index is 1.93. The second-order valence-electron chi connectivity index (χ2n) is 7.69. The fraction of sp³-hybridized carbons (Fsp3) is 0.192. The highest BCUT2D eigenvalue weighted by Gasteiger charge is 2.28. The molecule has 1 aromatic heterocycles. The van der Waals surface area contributed by atoms with Crippen LogP contribution in [0, 0.1) is 0 Å². The number of nitrogens with zero attached hydrogens (tertiary/aromatic N) is 3. The van der Waals surface area contributed by atoms with Gasteiger partial charge in [-0.3, -0.25) is 14.2 Å². The first-order valence-electron chi connectivity index (χ1n) is 10.8. The minimum atomic E-state index is -0.563. The van der Waals surface area contributed by atoms with Gasteiger partial charge >= 0.3 is 0 Å². The van der Waals surface area contributed by atoms with Crippen molar-refractivity contribution in [1.82, 2.24) is 14.5 Å². The maximum Gasteiger partial charge on any atom is 0.266 e. The zero-order valence-corrected chi connectivity index (χ0v) is 20.5. The zero-order valence-electron chi connectivity index (χ0n) is 19.0. The average Bonchev–Trinajstić information content (AvgIpc) is 2.84. The number of halogens is 2. The lowest BCUT2D eigenvalue weighted by atomic mass is 10.1. The summed E-state index contributed by atoms with van der Waals surface area (Å²) in [7, 11) is 1.55. The molecule has 6 nitrogen and oxygen atoms in total. The van der Waals surface area contributed by atoms with E-state index in [4.69, 9.17) is 32.9 Å². The third kappa shape index (κ3) is 4.27. The average molecular weight is 496 g/mol. The summed E-state index contributed by atoms with van der Waals surface area (Å²) in [5.74, 6) is 0.643. The predicted molar refractivity (Wildman–Crippen MR) is 135 cm³/mol. The van der Waals surface area contributed by atoms with Crippen molar-refractivity contribution in [3.8, 4) is 11.4 Å². The summed E-state index contributed by atoms with van der Waals surface area (Å²) in [6.07, 6.45) is 0. The van der Waals surface area contributed by atoms with Crippen LogP contribution in [0.5, 0.6) is 5.75 Å². The van der Waals surface area contributed by atoms with Crippen LogP contribution >= 0.6 is 23.2 Å². The number of carbonyl (C=O) groups is 1. The number of methoxy groups -OCH3 is 1. The van der Waals surface area contributed by atoms with Gasteiger partial charge in [0.25, 0.3) is 11.5 Å². The molecule has 0 aliphatic rings. The molecule has 34 heavy (non-hydrogen) atoms. The maximum atomic E-state index is 13.7. The molecule has 4 aromatic rings. The van der Waals surface area contributed by atoms with Gasteiger partial charge in [0.2, 0.25) is 0 Å². The van der Waals surface area contributed by atoms with Gasteiger partial charge in [-0.2, -0.15) is 0 Å². The Morgan fingerprint density at radius 2 is 1.79 bits per heavy atom. The maximum absolute atomic E-state index is 13.7. The summed E-state index contributed by atoms with van der Waals surface area (Å²) in [6.45, 7) is 4.08. The van der Waals surface area contributed by atoms with E-state index in [2.05, 4.69) is 0 Å². The van der Waals surface area contributed by atoms with Crippen LogP contribution in [0.1, 0.15) is 36.1 Å². The number of amides is 1. The van der Waals surface area contributed by atoms with Crippen LogP contribution in [-0.4, -0.2) is 34.0 Å². The molecule has 174 valence electrons. The molecule has 1 amide bonds. The van der Waals surface area contributed by atoms with Gasteiger partial charge in [0.05, 0.1) is 40.3 Å². The van der Waals surface area contributed by atoms with Crippen LogP contribution in [-0.2, 0) is 0 Å². The Labute approximate surface area is 207 Å². The van der Waals surface area contributed by atoms with Crippen molar-refractivity contribution in [2.45, 2.75) is 19.9 Å². The van der Waals surface area contributed by atoms with Gasteiger partial charge in [-0.15, -0.1) is 0 Å². The summed E-state index contributed by atoms with van der Waals surface area (Å²) >= 11 is 12.3. The predicted octanol–water partition coefficient (Wildman–Crippen LogP) is 5.92. The van der Waals surface area contributed by atoms with Crippen molar-refractivity contribution in [3.63, 3.8) is 0 Å². The van der Waals surface area contributed by atoms with E-state index in [-0.39, 0.29) is 16.5 Å². The third-order valence-electron chi connectivity index (χ3n) is 5.73. The molecule has 3 aromatic carbocycles. The van der Waals surface area contributed by atoms with Crippen LogP contribution in [0.4, 0.5) is 0 Å². The van der Waals surface area contributed by atoms with Gasteiger partial charge < -0.3 is 9.64 Å². The molecular weight excluding hydrogens is 473 g/mol. The van der Waals surface area contributed by atoms with E-state index < -0.39 is 6.04 Å². The molecule has 8 heteroatoms. The number of fused-ring (bicyclic) bond motifs is 1. The Kier molecular flexibility index (Phi) is 6.91. The zero-order chi connectivity index (χ0) is 24.4. The first kappa shape index (κ1) is 23.8. The number of rotatable bonds is 6. The third-order valence-corrected chi connectivity index (χ3v) is 6.28. The van der Waals surface area contributed by atoms with E-state index in [0.717, 1.165) is 0 Å². The van der Waals surface area contributed by atoms with E-state index in [1.807, 2.05) is 32.0 Å². The van der Waals surface area contributed by atoms with Crippen LogP contribution in [0.15, 0.2) is 71.5 Å². The van der Waals surface area contributed by atoms with Gasteiger partial charge in [0, 0.05) is 11.6 Å². The number of ether oxygens (including phenoxy) is 1. The summed E-state index contributed by atoms with van der Waals surface area (Å²) < 4.78 is 7.05. The lowest BCUT2D eigenvalue weighted by Gasteiger charge is -2.30. The van der Waals surface area contributed by atoms with Crippen LogP contribution in [0.25, 0.3) is 16.6 Å². The fourth-order valence-corrected chi connectivity index (χ4v) is 4.52. The summed E-state index contributed by atoms with van der Waals surface area (Å²) in [6, 6.07) is 18.6. The highest BCUT2D eigenvalue weighted by atomic mass is 35.5. The summed E-state index contributed by atoms with van der Waals surface area (Å²) in [5.41, 5.74) is 1.17. The van der Waals surface area contributed by atoms with Gasteiger partial charge in [-0.25, -0.2) is 4.98 Å². The molecule has 1 atom stereocenters. The fourth-order valence-electron chi connectivity index (χ4n) is 4.03. The monoisotopic (exact) mass is 495 g/mol. The minimum absolute atomic E-state index is 0.245. The SMILES string of the molecule is CCN(C(=O)c1ccc(Cl)cc1Cl)C(C)c1nc2ccccc2c(=O)n1-c1ccccc1OC. The lowest BCUT2D eigenvalue weighted by molar-refractivity contribution is 0.0693. The minimum Gasteiger partial charge on any atom is -0.495 e. The largest absolute Gasteiger partial charge is 0.495 e.